The van der Waals surface area contributed by atoms with Gasteiger partial charge in [0.15, 0.2) is 5.13 Å². The van der Waals surface area contributed by atoms with Gasteiger partial charge in [0, 0.05) is 42.6 Å². The Kier molecular flexibility index (Phi) is 6.64. The molecule has 160 valence electrons. The first-order chi connectivity index (χ1) is 15.1. The quantitative estimate of drug-likeness (QED) is 0.559. The van der Waals surface area contributed by atoms with Crippen LogP contribution in [0.25, 0.3) is 6.08 Å². The van der Waals surface area contributed by atoms with Crippen LogP contribution < -0.4 is 14.8 Å². The Labute approximate surface area is 186 Å². The van der Waals surface area contributed by atoms with Crippen LogP contribution in [0.2, 0.25) is 0 Å². The first kappa shape index (κ1) is 21.1. The molecule has 3 aromatic rings. The molecule has 4 rings (SSSR count). The Hall–Kier alpha value is -3.16. The molecule has 0 bridgehead atoms. The molecule has 0 saturated carbocycles. The predicted molar refractivity (Wildman–Crippen MR) is 124 cm³/mol. The minimum Gasteiger partial charge on any atom is -0.497 e. The number of ether oxygens (including phenoxy) is 2. The molecular weight excluding hydrogens is 410 g/mol. The van der Waals surface area contributed by atoms with Crippen molar-refractivity contribution in [3.63, 3.8) is 0 Å². The number of carbonyl (C=O) groups excluding carboxylic acids is 1. The molecule has 1 aliphatic heterocycles. The topological polar surface area (TPSA) is 63.7 Å². The Balaban J connectivity index is 1.39. The van der Waals surface area contributed by atoms with E-state index in [-0.39, 0.29) is 5.91 Å². The maximum atomic E-state index is 12.4. The number of benzene rings is 2. The second-order valence-corrected chi connectivity index (χ2v) is 8.35. The molecule has 0 radical (unpaired) electrons. The highest BCUT2D eigenvalue weighted by molar-refractivity contribution is 7.15. The van der Waals surface area contributed by atoms with E-state index in [2.05, 4.69) is 39.5 Å². The Morgan fingerprint density at radius 2 is 2.03 bits per heavy atom. The van der Waals surface area contributed by atoms with E-state index < -0.39 is 0 Å². The van der Waals surface area contributed by atoms with E-state index >= 15 is 0 Å². The molecular formula is C24H25N3O3S. The zero-order valence-corrected chi connectivity index (χ0v) is 18.4. The van der Waals surface area contributed by atoms with Crippen molar-refractivity contribution in [1.82, 2.24) is 9.88 Å². The lowest BCUT2D eigenvalue weighted by molar-refractivity contribution is -0.111. The van der Waals surface area contributed by atoms with Crippen molar-refractivity contribution in [2.75, 3.05) is 26.1 Å². The van der Waals surface area contributed by atoms with Crippen LogP contribution in [0.3, 0.4) is 0 Å². The average Bonchev–Trinajstić information content (AvgIpc) is 3.19. The largest absolute Gasteiger partial charge is 0.497 e. The van der Waals surface area contributed by atoms with Crippen LogP contribution in [0, 0.1) is 0 Å². The lowest BCUT2D eigenvalue weighted by Crippen LogP contribution is -2.29. The van der Waals surface area contributed by atoms with Gasteiger partial charge in [0.05, 0.1) is 19.9 Å². The van der Waals surface area contributed by atoms with Crippen LogP contribution in [0.15, 0.2) is 54.6 Å². The van der Waals surface area contributed by atoms with E-state index in [1.54, 1.807) is 31.6 Å². The van der Waals surface area contributed by atoms with Crippen molar-refractivity contribution in [1.29, 1.82) is 0 Å². The standard InChI is InChI=1S/C24H25N3O3S/c1-29-19-9-10-21(30-2)18(14-19)8-11-23(28)26-24-25-20-12-13-27(16-22(20)31-24)15-17-6-4-3-5-7-17/h3-11,14H,12-13,15-16H2,1-2H3,(H,25,26,28)/b11-8+. The monoisotopic (exact) mass is 435 g/mol. The van der Waals surface area contributed by atoms with E-state index in [0.717, 1.165) is 37.3 Å². The molecule has 1 N–H and O–H groups in total. The van der Waals surface area contributed by atoms with E-state index in [1.807, 2.05) is 24.3 Å². The van der Waals surface area contributed by atoms with E-state index in [0.29, 0.717) is 16.6 Å². The molecule has 0 saturated heterocycles. The van der Waals surface area contributed by atoms with E-state index in [1.165, 1.54) is 16.5 Å². The zero-order chi connectivity index (χ0) is 21.6. The summed E-state index contributed by atoms with van der Waals surface area (Å²) in [6.07, 6.45) is 4.09. The summed E-state index contributed by atoms with van der Waals surface area (Å²) >= 11 is 1.55. The van der Waals surface area contributed by atoms with Gasteiger partial charge in [-0.2, -0.15) is 0 Å². The summed E-state index contributed by atoms with van der Waals surface area (Å²) in [5, 5.41) is 3.53. The van der Waals surface area contributed by atoms with Crippen LogP contribution in [-0.4, -0.2) is 36.6 Å². The fraction of sp³-hybridized carbons (Fsp3) is 0.250. The fourth-order valence-electron chi connectivity index (χ4n) is 3.56. The number of carbonyl (C=O) groups is 1. The number of nitrogens with zero attached hydrogens (tertiary/aromatic N) is 2. The molecule has 0 spiro atoms. The molecule has 0 unspecified atom stereocenters. The number of amides is 1. The van der Waals surface area contributed by atoms with Gasteiger partial charge in [-0.3, -0.25) is 15.0 Å². The van der Waals surface area contributed by atoms with Gasteiger partial charge in [-0.1, -0.05) is 30.3 Å². The second kappa shape index (κ2) is 9.76. The van der Waals surface area contributed by atoms with Crippen LogP contribution in [0.4, 0.5) is 5.13 Å². The van der Waals surface area contributed by atoms with Gasteiger partial charge in [0.25, 0.3) is 0 Å². The van der Waals surface area contributed by atoms with Crippen molar-refractivity contribution in [3.8, 4) is 11.5 Å². The first-order valence-corrected chi connectivity index (χ1v) is 10.9. The summed E-state index contributed by atoms with van der Waals surface area (Å²) in [7, 11) is 3.20. The van der Waals surface area contributed by atoms with Gasteiger partial charge in [-0.25, -0.2) is 4.98 Å². The van der Waals surface area contributed by atoms with E-state index in [9.17, 15) is 4.79 Å². The predicted octanol–water partition coefficient (Wildman–Crippen LogP) is 4.37. The number of aromatic nitrogens is 1. The Morgan fingerprint density at radius 1 is 1.19 bits per heavy atom. The average molecular weight is 436 g/mol. The Morgan fingerprint density at radius 3 is 2.81 bits per heavy atom. The molecule has 0 fully saturated rings. The number of nitrogens with one attached hydrogen (secondary N) is 1. The van der Waals surface area contributed by atoms with Gasteiger partial charge in [0.2, 0.25) is 5.91 Å². The molecule has 1 amide bonds. The van der Waals surface area contributed by atoms with Crippen LogP contribution >= 0.6 is 11.3 Å². The molecule has 0 atom stereocenters. The third-order valence-electron chi connectivity index (χ3n) is 5.14. The number of hydrogen-bond acceptors (Lipinski definition) is 6. The SMILES string of the molecule is COc1ccc(OC)c(/C=C/C(=O)Nc2nc3c(s2)CN(Cc2ccccc2)CC3)c1. The van der Waals surface area contributed by atoms with E-state index in [4.69, 9.17) is 9.47 Å². The molecule has 2 heterocycles. The molecule has 7 heteroatoms. The number of anilines is 1. The third-order valence-corrected chi connectivity index (χ3v) is 6.14. The van der Waals surface area contributed by atoms with Crippen LogP contribution in [0.1, 0.15) is 21.7 Å². The van der Waals surface area contributed by atoms with Crippen LogP contribution in [-0.2, 0) is 24.3 Å². The first-order valence-electron chi connectivity index (χ1n) is 10.1. The van der Waals surface area contributed by atoms with Crippen molar-refractivity contribution in [3.05, 3.63) is 76.3 Å². The van der Waals surface area contributed by atoms with Crippen molar-refractivity contribution in [2.45, 2.75) is 19.5 Å². The number of rotatable bonds is 7. The maximum absolute atomic E-state index is 12.4. The van der Waals surface area contributed by atoms with Crippen molar-refractivity contribution >= 4 is 28.5 Å². The minimum absolute atomic E-state index is 0.225. The summed E-state index contributed by atoms with van der Waals surface area (Å²) in [4.78, 5) is 20.7. The summed E-state index contributed by atoms with van der Waals surface area (Å²) < 4.78 is 10.6. The number of methoxy groups -OCH3 is 2. The number of thiazole rings is 1. The highest BCUT2D eigenvalue weighted by atomic mass is 32.1. The molecule has 1 aliphatic rings. The Bertz CT molecular complexity index is 1080. The summed E-state index contributed by atoms with van der Waals surface area (Å²) in [5.41, 5.74) is 3.16. The third kappa shape index (κ3) is 5.31. The molecule has 2 aromatic carbocycles. The number of hydrogen-bond donors (Lipinski definition) is 1. The van der Waals surface area contributed by atoms with Crippen molar-refractivity contribution in [2.24, 2.45) is 0 Å². The molecule has 0 aliphatic carbocycles. The maximum Gasteiger partial charge on any atom is 0.250 e. The van der Waals surface area contributed by atoms with Gasteiger partial charge < -0.3 is 9.47 Å². The van der Waals surface area contributed by atoms with Gasteiger partial charge in [0.1, 0.15) is 11.5 Å². The number of fused-ring (bicyclic) bond motifs is 1. The van der Waals surface area contributed by atoms with Crippen molar-refractivity contribution < 1.29 is 14.3 Å². The molecule has 31 heavy (non-hydrogen) atoms. The molecule has 1 aromatic heterocycles. The fourth-order valence-corrected chi connectivity index (χ4v) is 4.61. The van der Waals surface area contributed by atoms with Crippen LogP contribution in [0.5, 0.6) is 11.5 Å². The van der Waals surface area contributed by atoms with Gasteiger partial charge >= 0.3 is 0 Å². The minimum atomic E-state index is -0.225. The summed E-state index contributed by atoms with van der Waals surface area (Å²) in [6.45, 7) is 2.74. The van der Waals surface area contributed by atoms with Gasteiger partial charge in [-0.05, 0) is 29.8 Å². The second-order valence-electron chi connectivity index (χ2n) is 7.27. The van der Waals surface area contributed by atoms with Gasteiger partial charge in [-0.15, -0.1) is 11.3 Å². The highest BCUT2D eigenvalue weighted by Gasteiger charge is 2.21. The normalized spacial score (nSPS) is 13.7. The molecule has 6 nitrogen and oxygen atoms in total. The highest BCUT2D eigenvalue weighted by Crippen LogP contribution is 2.29. The summed E-state index contributed by atoms with van der Waals surface area (Å²) in [6, 6.07) is 15.9. The summed E-state index contributed by atoms with van der Waals surface area (Å²) in [5.74, 6) is 1.15. The zero-order valence-electron chi connectivity index (χ0n) is 17.6. The smallest absolute Gasteiger partial charge is 0.250 e. The lowest BCUT2D eigenvalue weighted by atomic mass is 10.1. The lowest BCUT2D eigenvalue weighted by Gasteiger charge is -2.25.